The van der Waals surface area contributed by atoms with E-state index in [9.17, 15) is 0 Å². The molecule has 0 saturated carbocycles. The lowest BCUT2D eigenvalue weighted by molar-refractivity contribution is 0.146. The fraction of sp³-hybridized carbons (Fsp3) is 0.475. The number of nitrogens with zero attached hydrogens (tertiary/aromatic N) is 2. The van der Waals surface area contributed by atoms with E-state index in [-0.39, 0.29) is 12.0 Å². The molecule has 1 aromatic carbocycles. The van der Waals surface area contributed by atoms with Gasteiger partial charge in [-0.1, -0.05) is 96.2 Å². The third-order valence-corrected chi connectivity index (χ3v) is 10.3. The van der Waals surface area contributed by atoms with Crippen LogP contribution in [0.4, 0.5) is 0 Å². The lowest BCUT2D eigenvalue weighted by atomic mass is 9.78. The molecule has 43 heavy (non-hydrogen) atoms. The third-order valence-electron chi connectivity index (χ3n) is 10.3. The van der Waals surface area contributed by atoms with E-state index >= 15 is 0 Å². The van der Waals surface area contributed by atoms with Crippen molar-refractivity contribution in [1.29, 1.82) is 0 Å². The molecular formula is C40H48N2O. The Morgan fingerprint density at radius 3 is 2.37 bits per heavy atom. The average Bonchev–Trinajstić information content (AvgIpc) is 3.58. The summed E-state index contributed by atoms with van der Waals surface area (Å²) >= 11 is 0. The van der Waals surface area contributed by atoms with Gasteiger partial charge in [-0.2, -0.15) is 0 Å². The lowest BCUT2D eigenvalue weighted by Gasteiger charge is -2.29. The predicted octanol–water partition coefficient (Wildman–Crippen LogP) is 10.4. The first-order chi connectivity index (χ1) is 20.8. The first-order valence-electron chi connectivity index (χ1n) is 16.9. The van der Waals surface area contributed by atoms with Gasteiger partial charge in [0.1, 0.15) is 17.7 Å². The number of benzene rings is 1. The van der Waals surface area contributed by atoms with Gasteiger partial charge in [0.15, 0.2) is 0 Å². The first-order valence-corrected chi connectivity index (χ1v) is 16.9. The van der Waals surface area contributed by atoms with Gasteiger partial charge in [0, 0.05) is 11.8 Å². The second-order valence-corrected chi connectivity index (χ2v) is 14.2. The SMILES string of the molecule is CC(C)c1cc(C(C)C)c(-n2c(C3CCCC4=C3OC3C=C(C5C=CC=CC5)C=CC43)nc3c2C=CCC3)c(C(C)C)c1. The van der Waals surface area contributed by atoms with Crippen molar-refractivity contribution in [1.82, 2.24) is 9.55 Å². The highest BCUT2D eigenvalue weighted by Gasteiger charge is 2.43. The van der Waals surface area contributed by atoms with Gasteiger partial charge in [-0.05, 0) is 96.3 Å². The number of hydrogen-bond donors (Lipinski definition) is 0. The number of allylic oxidation sites excluding steroid dienone is 8. The molecule has 3 nitrogen and oxygen atoms in total. The largest absolute Gasteiger partial charge is 0.489 e. The molecule has 7 rings (SSSR count). The van der Waals surface area contributed by atoms with Gasteiger partial charge in [-0.3, -0.25) is 4.57 Å². The molecule has 2 aromatic rings. The Morgan fingerprint density at radius 1 is 0.884 bits per heavy atom. The van der Waals surface area contributed by atoms with Crippen LogP contribution in [-0.2, 0) is 11.2 Å². The monoisotopic (exact) mass is 572 g/mol. The smallest absolute Gasteiger partial charge is 0.127 e. The molecule has 5 aliphatic rings. The molecule has 2 heterocycles. The number of aromatic nitrogens is 2. The highest BCUT2D eigenvalue weighted by molar-refractivity contribution is 5.62. The number of hydrogen-bond acceptors (Lipinski definition) is 2. The minimum absolute atomic E-state index is 0.102. The van der Waals surface area contributed by atoms with Gasteiger partial charge < -0.3 is 4.74 Å². The molecule has 1 aliphatic heterocycles. The van der Waals surface area contributed by atoms with Gasteiger partial charge in [0.05, 0.1) is 23.0 Å². The summed E-state index contributed by atoms with van der Waals surface area (Å²) < 4.78 is 9.61. The summed E-state index contributed by atoms with van der Waals surface area (Å²) in [6.45, 7) is 14.0. The maximum absolute atomic E-state index is 7.02. The van der Waals surface area contributed by atoms with Crippen LogP contribution in [0, 0.1) is 11.8 Å². The Kier molecular flexibility index (Phi) is 7.48. The van der Waals surface area contributed by atoms with E-state index in [4.69, 9.17) is 9.72 Å². The van der Waals surface area contributed by atoms with Crippen molar-refractivity contribution in [3.8, 4) is 5.69 Å². The molecule has 0 amide bonds. The zero-order valence-corrected chi connectivity index (χ0v) is 26.9. The van der Waals surface area contributed by atoms with E-state index in [0.29, 0.717) is 29.6 Å². The molecule has 0 radical (unpaired) electrons. The van der Waals surface area contributed by atoms with E-state index < -0.39 is 0 Å². The maximum Gasteiger partial charge on any atom is 0.127 e. The van der Waals surface area contributed by atoms with E-state index in [2.05, 4.69) is 113 Å². The van der Waals surface area contributed by atoms with Gasteiger partial charge in [-0.15, -0.1) is 0 Å². The molecule has 224 valence electrons. The number of rotatable bonds is 6. The zero-order chi connectivity index (χ0) is 29.8. The summed E-state index contributed by atoms with van der Waals surface area (Å²) in [5.41, 5.74) is 11.1. The minimum Gasteiger partial charge on any atom is -0.489 e. The van der Waals surface area contributed by atoms with Crippen molar-refractivity contribution in [3.63, 3.8) is 0 Å². The van der Waals surface area contributed by atoms with Gasteiger partial charge >= 0.3 is 0 Å². The predicted molar refractivity (Wildman–Crippen MR) is 179 cm³/mol. The summed E-state index contributed by atoms with van der Waals surface area (Å²) in [6.07, 6.45) is 27.5. The van der Waals surface area contributed by atoms with Crippen molar-refractivity contribution in [2.45, 2.75) is 110 Å². The second kappa shape index (κ2) is 11.3. The zero-order valence-electron chi connectivity index (χ0n) is 26.9. The van der Waals surface area contributed by atoms with Crippen LogP contribution in [0.1, 0.15) is 131 Å². The molecule has 4 atom stereocenters. The van der Waals surface area contributed by atoms with Gasteiger partial charge in [0.25, 0.3) is 0 Å². The summed E-state index contributed by atoms with van der Waals surface area (Å²) in [7, 11) is 0. The van der Waals surface area contributed by atoms with E-state index in [1.54, 1.807) is 0 Å². The van der Waals surface area contributed by atoms with Crippen LogP contribution in [0.15, 0.2) is 77.6 Å². The summed E-state index contributed by atoms with van der Waals surface area (Å²) in [5.74, 6) is 4.71. The van der Waals surface area contributed by atoms with Crippen molar-refractivity contribution >= 4 is 6.08 Å². The second-order valence-electron chi connectivity index (χ2n) is 14.2. The van der Waals surface area contributed by atoms with Crippen LogP contribution in [-0.4, -0.2) is 15.7 Å². The fourth-order valence-electron chi connectivity index (χ4n) is 7.94. The first kappa shape index (κ1) is 28.4. The molecule has 4 unspecified atom stereocenters. The molecule has 1 aromatic heterocycles. The summed E-state index contributed by atoms with van der Waals surface area (Å²) in [6, 6.07) is 4.97. The van der Waals surface area contributed by atoms with Crippen LogP contribution < -0.4 is 0 Å². The molecule has 0 spiro atoms. The molecule has 0 saturated heterocycles. The topological polar surface area (TPSA) is 27.1 Å². The van der Waals surface area contributed by atoms with Gasteiger partial charge in [0.2, 0.25) is 0 Å². The molecule has 4 aliphatic carbocycles. The molecular weight excluding hydrogens is 524 g/mol. The Hall–Kier alpha value is -3.33. The van der Waals surface area contributed by atoms with E-state index in [1.807, 2.05) is 0 Å². The van der Waals surface area contributed by atoms with Crippen LogP contribution in [0.3, 0.4) is 0 Å². The lowest BCUT2D eigenvalue weighted by Crippen LogP contribution is -2.19. The van der Waals surface area contributed by atoms with E-state index in [1.165, 1.54) is 62.9 Å². The number of ether oxygens (including phenoxy) is 1. The highest BCUT2D eigenvalue weighted by Crippen LogP contribution is 2.50. The third kappa shape index (κ3) is 4.93. The standard InChI is InChI=1S/C40H48N2O/c1-24(2)29-21-33(25(3)4)38(34(22-29)26(5)6)42-36-18-11-10-17-35(36)41-40(42)32-16-12-15-31-30-20-19-28(23-37(30)43-39(31)32)27-13-8-7-9-14-27/h7-9,11,13,18-27,30,32,37H,10,12,14-17H2,1-6H3. The van der Waals surface area contributed by atoms with Crippen LogP contribution in [0.2, 0.25) is 0 Å². The van der Waals surface area contributed by atoms with Crippen molar-refractivity contribution in [2.75, 3.05) is 0 Å². The molecule has 3 heteroatoms. The Balaban J connectivity index is 1.36. The van der Waals surface area contributed by atoms with E-state index in [0.717, 1.165) is 32.1 Å². The van der Waals surface area contributed by atoms with Gasteiger partial charge in [-0.25, -0.2) is 4.98 Å². The Labute approximate surface area is 258 Å². The number of aryl methyl sites for hydroxylation is 1. The fourth-order valence-corrected chi connectivity index (χ4v) is 7.94. The normalized spacial score (nSPS) is 25.8. The molecule has 0 fully saturated rings. The highest BCUT2D eigenvalue weighted by atomic mass is 16.5. The van der Waals surface area contributed by atoms with Crippen LogP contribution >= 0.6 is 0 Å². The Morgan fingerprint density at radius 2 is 1.67 bits per heavy atom. The summed E-state index contributed by atoms with van der Waals surface area (Å²) in [4.78, 5) is 5.52. The van der Waals surface area contributed by atoms with Crippen LogP contribution in [0.25, 0.3) is 11.8 Å². The molecule has 0 bridgehead atoms. The van der Waals surface area contributed by atoms with Crippen LogP contribution in [0.5, 0.6) is 0 Å². The van der Waals surface area contributed by atoms with Crippen molar-refractivity contribution in [2.24, 2.45) is 11.8 Å². The van der Waals surface area contributed by atoms with Crippen molar-refractivity contribution in [3.05, 3.63) is 112 Å². The Bertz CT molecular complexity index is 1570. The quantitative estimate of drug-likeness (QED) is 0.344. The average molecular weight is 573 g/mol. The minimum atomic E-state index is 0.102. The van der Waals surface area contributed by atoms with Crippen molar-refractivity contribution < 1.29 is 4.74 Å². The number of fused-ring (bicyclic) bond motifs is 3. The molecule has 0 N–H and O–H groups in total. The number of imidazole rings is 1. The maximum atomic E-state index is 7.02. The summed E-state index contributed by atoms with van der Waals surface area (Å²) in [5, 5.41) is 0.